The summed E-state index contributed by atoms with van der Waals surface area (Å²) >= 11 is 3.74. The topological polar surface area (TPSA) is 44.6 Å². The van der Waals surface area contributed by atoms with Crippen LogP contribution in [0.1, 0.15) is 38.5 Å². The molecule has 0 bridgehead atoms. The maximum Gasteiger partial charge on any atom is 0.159 e. The number of aryl methyl sites for hydroxylation is 1. The molecule has 2 aliphatic rings. The summed E-state index contributed by atoms with van der Waals surface area (Å²) in [7, 11) is 0. The zero-order chi connectivity index (χ0) is 18.1. The maximum atomic E-state index is 4.75. The van der Waals surface area contributed by atoms with Gasteiger partial charge in [-0.05, 0) is 32.8 Å². The molecule has 0 aliphatic carbocycles. The third-order valence-electron chi connectivity index (χ3n) is 4.95. The van der Waals surface area contributed by atoms with Gasteiger partial charge in [0.05, 0.1) is 11.9 Å². The van der Waals surface area contributed by atoms with Crippen LogP contribution in [0.15, 0.2) is 17.4 Å². The number of anilines is 1. The number of thioether (sulfide) groups is 1. The maximum absolute atomic E-state index is 4.75. The third-order valence-corrected chi connectivity index (χ3v) is 7.30. The molecule has 0 spiro atoms. The minimum atomic E-state index is 0.247. The monoisotopic (exact) mass is 389 g/mol. The number of piperazine rings is 1. The lowest BCUT2D eigenvalue weighted by molar-refractivity contribution is 0.391. The fraction of sp³-hybridized carbons (Fsp3) is 0.632. The second-order valence-electron chi connectivity index (χ2n) is 7.67. The fourth-order valence-corrected chi connectivity index (χ4v) is 5.56. The van der Waals surface area contributed by atoms with Crippen molar-refractivity contribution in [1.29, 1.82) is 0 Å². The standard InChI is InChI=1S/C19H27N5S2/c1-4-5-6-14-11-15-16(21-13-22-17(15)25-14)23-7-9-24(10-8-23)18-20-12-19(2,3)26-18/h11,13H,4-10,12H2,1-3H3. The summed E-state index contributed by atoms with van der Waals surface area (Å²) in [5, 5.41) is 2.45. The van der Waals surface area contributed by atoms with E-state index in [1.54, 1.807) is 6.33 Å². The van der Waals surface area contributed by atoms with Gasteiger partial charge in [0.2, 0.25) is 0 Å². The van der Waals surface area contributed by atoms with Crippen molar-refractivity contribution in [2.24, 2.45) is 4.99 Å². The summed E-state index contributed by atoms with van der Waals surface area (Å²) in [4.78, 5) is 21.3. The second-order valence-corrected chi connectivity index (χ2v) is 10.5. The van der Waals surface area contributed by atoms with Crippen molar-refractivity contribution >= 4 is 44.3 Å². The molecule has 0 N–H and O–H groups in total. The quantitative estimate of drug-likeness (QED) is 0.790. The number of fused-ring (bicyclic) bond motifs is 1. The van der Waals surface area contributed by atoms with E-state index in [1.165, 1.54) is 28.3 Å². The molecule has 2 aromatic rings. The minimum absolute atomic E-state index is 0.247. The number of thiophene rings is 1. The molecule has 26 heavy (non-hydrogen) atoms. The van der Waals surface area contributed by atoms with Crippen molar-refractivity contribution in [2.75, 3.05) is 37.6 Å². The Hall–Kier alpha value is -1.34. The minimum Gasteiger partial charge on any atom is -0.352 e. The van der Waals surface area contributed by atoms with Gasteiger partial charge in [0.15, 0.2) is 5.17 Å². The number of hydrogen-bond donors (Lipinski definition) is 0. The van der Waals surface area contributed by atoms with E-state index >= 15 is 0 Å². The summed E-state index contributed by atoms with van der Waals surface area (Å²) in [5.74, 6) is 1.11. The number of hydrogen-bond acceptors (Lipinski definition) is 7. The van der Waals surface area contributed by atoms with Crippen molar-refractivity contribution in [3.63, 3.8) is 0 Å². The first kappa shape index (κ1) is 18.0. The Bertz CT molecular complexity index is 805. The predicted octanol–water partition coefficient (Wildman–Crippen LogP) is 4.04. The van der Waals surface area contributed by atoms with Crippen molar-refractivity contribution in [3.8, 4) is 0 Å². The number of unbranched alkanes of at least 4 members (excludes halogenated alkanes) is 1. The van der Waals surface area contributed by atoms with E-state index in [4.69, 9.17) is 4.99 Å². The Morgan fingerprint density at radius 1 is 1.12 bits per heavy atom. The van der Waals surface area contributed by atoms with Gasteiger partial charge in [0.1, 0.15) is 17.0 Å². The lowest BCUT2D eigenvalue weighted by Gasteiger charge is -2.36. The Kier molecular flexibility index (Phi) is 5.10. The largest absolute Gasteiger partial charge is 0.352 e. The highest BCUT2D eigenvalue weighted by Gasteiger charge is 2.32. The molecule has 0 aromatic carbocycles. The van der Waals surface area contributed by atoms with Gasteiger partial charge in [0, 0.05) is 35.8 Å². The van der Waals surface area contributed by atoms with Gasteiger partial charge < -0.3 is 9.80 Å². The van der Waals surface area contributed by atoms with E-state index < -0.39 is 0 Å². The molecule has 0 radical (unpaired) electrons. The molecule has 140 valence electrons. The third kappa shape index (κ3) is 3.69. The lowest BCUT2D eigenvalue weighted by Crippen LogP contribution is -2.48. The van der Waals surface area contributed by atoms with E-state index in [9.17, 15) is 0 Å². The first-order chi connectivity index (χ1) is 12.6. The summed E-state index contributed by atoms with van der Waals surface area (Å²) in [6.07, 6.45) is 5.35. The Morgan fingerprint density at radius 2 is 1.88 bits per heavy atom. The molecule has 2 aliphatic heterocycles. The van der Waals surface area contributed by atoms with E-state index in [0.717, 1.165) is 49.8 Å². The molecule has 0 atom stereocenters. The second kappa shape index (κ2) is 7.35. The van der Waals surface area contributed by atoms with E-state index in [2.05, 4.69) is 46.6 Å². The zero-order valence-electron chi connectivity index (χ0n) is 15.9. The van der Waals surface area contributed by atoms with Gasteiger partial charge in [0.25, 0.3) is 0 Å². The average molecular weight is 390 g/mol. The summed E-state index contributed by atoms with van der Waals surface area (Å²) < 4.78 is 0.247. The van der Waals surface area contributed by atoms with Crippen LogP contribution < -0.4 is 4.90 Å². The van der Waals surface area contributed by atoms with Crippen molar-refractivity contribution in [1.82, 2.24) is 14.9 Å². The zero-order valence-corrected chi connectivity index (χ0v) is 17.5. The average Bonchev–Trinajstić information content (AvgIpc) is 3.22. The van der Waals surface area contributed by atoms with Crippen molar-refractivity contribution in [3.05, 3.63) is 17.3 Å². The van der Waals surface area contributed by atoms with E-state index in [0.29, 0.717) is 0 Å². The van der Waals surface area contributed by atoms with Gasteiger partial charge in [-0.2, -0.15) is 0 Å². The SMILES string of the molecule is CCCCc1cc2c(N3CCN(C4=NCC(C)(C)S4)CC3)ncnc2s1. The molecular formula is C19H27N5S2. The number of amidine groups is 1. The number of aliphatic imine (C=N–C) groups is 1. The van der Waals surface area contributed by atoms with Crippen LogP contribution in [0, 0.1) is 0 Å². The van der Waals surface area contributed by atoms with Gasteiger partial charge in [-0.3, -0.25) is 4.99 Å². The van der Waals surface area contributed by atoms with Crippen LogP contribution in [0.25, 0.3) is 10.2 Å². The number of nitrogens with zero attached hydrogens (tertiary/aromatic N) is 5. The lowest BCUT2D eigenvalue weighted by atomic mass is 10.2. The van der Waals surface area contributed by atoms with Crippen LogP contribution in [0.3, 0.4) is 0 Å². The Labute approximate surface area is 163 Å². The molecule has 1 fully saturated rings. The Balaban J connectivity index is 1.47. The van der Waals surface area contributed by atoms with Gasteiger partial charge in [-0.15, -0.1) is 11.3 Å². The van der Waals surface area contributed by atoms with Crippen LogP contribution in [0.5, 0.6) is 0 Å². The van der Waals surface area contributed by atoms with E-state index in [-0.39, 0.29) is 4.75 Å². The highest BCUT2D eigenvalue weighted by molar-refractivity contribution is 8.15. The molecule has 4 heterocycles. The van der Waals surface area contributed by atoms with Crippen molar-refractivity contribution in [2.45, 2.75) is 44.8 Å². The molecule has 0 amide bonds. The highest BCUT2D eigenvalue weighted by atomic mass is 32.2. The molecular weight excluding hydrogens is 362 g/mol. The molecule has 0 saturated carbocycles. The van der Waals surface area contributed by atoms with Crippen LogP contribution in [0.4, 0.5) is 5.82 Å². The molecule has 5 nitrogen and oxygen atoms in total. The molecule has 2 aromatic heterocycles. The van der Waals surface area contributed by atoms with Crippen LogP contribution in [-0.2, 0) is 6.42 Å². The highest BCUT2D eigenvalue weighted by Crippen LogP contribution is 2.35. The van der Waals surface area contributed by atoms with Gasteiger partial charge in [-0.25, -0.2) is 9.97 Å². The molecule has 7 heteroatoms. The summed E-state index contributed by atoms with van der Waals surface area (Å²) in [6.45, 7) is 11.7. The summed E-state index contributed by atoms with van der Waals surface area (Å²) in [5.41, 5.74) is 0. The molecule has 0 unspecified atom stereocenters. The van der Waals surface area contributed by atoms with Crippen LogP contribution >= 0.6 is 23.1 Å². The van der Waals surface area contributed by atoms with E-state index in [1.807, 2.05) is 23.1 Å². The fourth-order valence-electron chi connectivity index (χ4n) is 3.46. The number of rotatable bonds is 4. The van der Waals surface area contributed by atoms with Crippen molar-refractivity contribution < 1.29 is 0 Å². The molecule has 4 rings (SSSR count). The first-order valence-electron chi connectivity index (χ1n) is 9.52. The Morgan fingerprint density at radius 3 is 2.58 bits per heavy atom. The first-order valence-corrected chi connectivity index (χ1v) is 11.2. The van der Waals surface area contributed by atoms with Crippen LogP contribution in [-0.4, -0.2) is 57.5 Å². The normalized spacial score (nSPS) is 20.0. The number of aromatic nitrogens is 2. The smallest absolute Gasteiger partial charge is 0.159 e. The summed E-state index contributed by atoms with van der Waals surface area (Å²) in [6, 6.07) is 2.32. The van der Waals surface area contributed by atoms with Gasteiger partial charge >= 0.3 is 0 Å². The van der Waals surface area contributed by atoms with Crippen LogP contribution in [0.2, 0.25) is 0 Å². The predicted molar refractivity (Wildman–Crippen MR) is 114 cm³/mol. The molecule has 1 saturated heterocycles. The van der Waals surface area contributed by atoms with Gasteiger partial charge in [-0.1, -0.05) is 25.1 Å².